The molecule has 98 valence electrons. The van der Waals surface area contributed by atoms with E-state index in [1.54, 1.807) is 0 Å². The molecule has 4 heteroatoms. The number of amides is 1. The number of nitrogens with one attached hydrogen (secondary N) is 1. The van der Waals surface area contributed by atoms with Gasteiger partial charge in [0.2, 0.25) is 5.91 Å². The fourth-order valence-corrected chi connectivity index (χ4v) is 2.82. The molecular weight excluding hydrogens is 214 g/mol. The van der Waals surface area contributed by atoms with Crippen molar-refractivity contribution in [3.05, 3.63) is 0 Å². The Morgan fingerprint density at radius 1 is 1.41 bits per heavy atom. The first-order valence-electron chi connectivity index (χ1n) is 6.92. The van der Waals surface area contributed by atoms with Gasteiger partial charge in [0.1, 0.15) is 0 Å². The lowest BCUT2D eigenvalue weighted by molar-refractivity contribution is -0.125. The molecule has 0 aromatic rings. The molecule has 1 aliphatic carbocycles. The van der Waals surface area contributed by atoms with E-state index in [4.69, 9.17) is 5.73 Å². The quantitative estimate of drug-likeness (QED) is 0.765. The number of hydrogen-bond donors (Lipinski definition) is 2. The van der Waals surface area contributed by atoms with Crippen molar-refractivity contribution in [2.45, 2.75) is 57.0 Å². The molecule has 1 amide bonds. The zero-order valence-electron chi connectivity index (χ0n) is 10.9. The minimum absolute atomic E-state index is 0.128. The van der Waals surface area contributed by atoms with E-state index in [1.165, 1.54) is 6.42 Å². The molecule has 0 unspecified atom stereocenters. The number of piperidine rings is 1. The number of hydrogen-bond acceptors (Lipinski definition) is 3. The Balaban J connectivity index is 1.73. The van der Waals surface area contributed by atoms with E-state index >= 15 is 0 Å². The smallest absolute Gasteiger partial charge is 0.234 e. The average Bonchev–Trinajstić information content (AvgIpc) is 2.27. The Bertz CT molecular complexity index is 262. The second kappa shape index (κ2) is 5.36. The Morgan fingerprint density at radius 3 is 2.53 bits per heavy atom. The first-order chi connectivity index (χ1) is 8.13. The Morgan fingerprint density at radius 2 is 2.06 bits per heavy atom. The average molecular weight is 239 g/mol. The van der Waals surface area contributed by atoms with Crippen LogP contribution in [0.5, 0.6) is 0 Å². The fourth-order valence-electron chi connectivity index (χ4n) is 2.82. The van der Waals surface area contributed by atoms with Crippen molar-refractivity contribution in [2.24, 2.45) is 5.73 Å². The minimum atomic E-state index is 0.128. The van der Waals surface area contributed by atoms with Crippen molar-refractivity contribution < 1.29 is 4.79 Å². The Hall–Kier alpha value is -0.610. The summed E-state index contributed by atoms with van der Waals surface area (Å²) >= 11 is 0. The highest BCUT2D eigenvalue weighted by Crippen LogP contribution is 2.34. The number of likely N-dealkylation sites (tertiary alicyclic amines) is 1. The van der Waals surface area contributed by atoms with Gasteiger partial charge >= 0.3 is 0 Å². The molecule has 2 fully saturated rings. The highest BCUT2D eigenvalue weighted by molar-refractivity contribution is 5.79. The first-order valence-corrected chi connectivity index (χ1v) is 6.92. The third kappa shape index (κ3) is 3.19. The zero-order chi connectivity index (χ0) is 12.3. The fraction of sp³-hybridized carbons (Fsp3) is 0.923. The lowest BCUT2D eigenvalue weighted by atomic mass is 9.75. The molecule has 2 aliphatic rings. The molecule has 1 saturated carbocycles. The molecule has 2 rings (SSSR count). The third-order valence-electron chi connectivity index (χ3n) is 4.39. The summed E-state index contributed by atoms with van der Waals surface area (Å²) in [5.74, 6) is 0.196. The summed E-state index contributed by atoms with van der Waals surface area (Å²) < 4.78 is 0. The van der Waals surface area contributed by atoms with Crippen LogP contribution in [0.25, 0.3) is 0 Å². The van der Waals surface area contributed by atoms with Crippen LogP contribution >= 0.6 is 0 Å². The molecule has 1 saturated heterocycles. The number of nitrogens with two attached hydrogens (primary N) is 1. The zero-order valence-corrected chi connectivity index (χ0v) is 10.9. The maximum absolute atomic E-state index is 12.0. The van der Waals surface area contributed by atoms with Crippen LogP contribution in [0.2, 0.25) is 0 Å². The molecule has 0 radical (unpaired) electrons. The van der Waals surface area contributed by atoms with E-state index in [0.717, 1.165) is 45.2 Å². The standard InChI is InChI=1S/C13H25N3O/c1-2-13(6-3-7-13)15-12(17)10-16-8-4-11(14)5-9-16/h11H,2-10,14H2,1H3,(H,15,17). The van der Waals surface area contributed by atoms with Crippen LogP contribution in [0.4, 0.5) is 0 Å². The van der Waals surface area contributed by atoms with Crippen LogP contribution in [-0.4, -0.2) is 42.0 Å². The molecular formula is C13H25N3O. The van der Waals surface area contributed by atoms with Gasteiger partial charge in [-0.25, -0.2) is 0 Å². The molecule has 0 aromatic heterocycles. The van der Waals surface area contributed by atoms with Gasteiger partial charge in [0.15, 0.2) is 0 Å². The summed E-state index contributed by atoms with van der Waals surface area (Å²) in [4.78, 5) is 14.2. The first kappa shape index (κ1) is 12.8. The van der Waals surface area contributed by atoms with Gasteiger partial charge in [0.05, 0.1) is 6.54 Å². The van der Waals surface area contributed by atoms with E-state index in [0.29, 0.717) is 12.6 Å². The van der Waals surface area contributed by atoms with Crippen molar-refractivity contribution in [1.82, 2.24) is 10.2 Å². The lowest BCUT2D eigenvalue weighted by Crippen LogP contribution is -2.55. The monoisotopic (exact) mass is 239 g/mol. The van der Waals surface area contributed by atoms with Gasteiger partial charge in [0.25, 0.3) is 0 Å². The summed E-state index contributed by atoms with van der Waals surface area (Å²) in [7, 11) is 0. The Kier molecular flexibility index (Phi) is 4.05. The minimum Gasteiger partial charge on any atom is -0.350 e. The number of rotatable bonds is 4. The molecule has 1 heterocycles. The summed E-state index contributed by atoms with van der Waals surface area (Å²) in [6, 6.07) is 0.336. The summed E-state index contributed by atoms with van der Waals surface area (Å²) in [6.07, 6.45) is 6.66. The van der Waals surface area contributed by atoms with E-state index in [1.807, 2.05) is 0 Å². The van der Waals surface area contributed by atoms with Crippen molar-refractivity contribution in [3.8, 4) is 0 Å². The van der Waals surface area contributed by atoms with Gasteiger partial charge in [-0.05, 0) is 38.5 Å². The van der Waals surface area contributed by atoms with E-state index < -0.39 is 0 Å². The van der Waals surface area contributed by atoms with E-state index in [9.17, 15) is 4.79 Å². The van der Waals surface area contributed by atoms with Gasteiger partial charge in [0, 0.05) is 24.7 Å². The van der Waals surface area contributed by atoms with Crippen LogP contribution in [0.1, 0.15) is 45.4 Å². The Labute approximate surface area is 104 Å². The van der Waals surface area contributed by atoms with Gasteiger partial charge in [-0.15, -0.1) is 0 Å². The highest BCUT2D eigenvalue weighted by atomic mass is 16.2. The lowest BCUT2D eigenvalue weighted by Gasteiger charge is -2.42. The van der Waals surface area contributed by atoms with Crippen molar-refractivity contribution in [2.75, 3.05) is 19.6 Å². The van der Waals surface area contributed by atoms with Gasteiger partial charge < -0.3 is 11.1 Å². The second-order valence-corrected chi connectivity index (χ2v) is 5.65. The number of nitrogens with zero attached hydrogens (tertiary/aromatic N) is 1. The maximum atomic E-state index is 12.0. The van der Waals surface area contributed by atoms with Crippen LogP contribution in [0.3, 0.4) is 0 Å². The SMILES string of the molecule is CCC1(NC(=O)CN2CCC(N)CC2)CCC1. The summed E-state index contributed by atoms with van der Waals surface area (Å²) in [6.45, 7) is 4.65. The third-order valence-corrected chi connectivity index (χ3v) is 4.39. The maximum Gasteiger partial charge on any atom is 0.234 e. The summed E-state index contributed by atoms with van der Waals surface area (Å²) in [5.41, 5.74) is 5.98. The number of carbonyl (C=O) groups is 1. The number of carbonyl (C=O) groups excluding carboxylic acids is 1. The molecule has 0 spiro atoms. The topological polar surface area (TPSA) is 58.4 Å². The molecule has 0 atom stereocenters. The molecule has 17 heavy (non-hydrogen) atoms. The molecule has 1 aliphatic heterocycles. The predicted molar refractivity (Wildman–Crippen MR) is 68.7 cm³/mol. The van der Waals surface area contributed by atoms with Crippen molar-refractivity contribution in [1.29, 1.82) is 0 Å². The van der Waals surface area contributed by atoms with E-state index in [2.05, 4.69) is 17.1 Å². The molecule has 4 nitrogen and oxygen atoms in total. The normalized spacial score (nSPS) is 25.3. The largest absolute Gasteiger partial charge is 0.350 e. The summed E-state index contributed by atoms with van der Waals surface area (Å²) in [5, 5.41) is 3.23. The molecule has 0 aromatic carbocycles. The van der Waals surface area contributed by atoms with Gasteiger partial charge in [-0.3, -0.25) is 9.69 Å². The predicted octanol–water partition coefficient (Wildman–Crippen LogP) is 0.858. The van der Waals surface area contributed by atoms with E-state index in [-0.39, 0.29) is 11.4 Å². The highest BCUT2D eigenvalue weighted by Gasteiger charge is 2.36. The van der Waals surface area contributed by atoms with Crippen LogP contribution in [0.15, 0.2) is 0 Å². The van der Waals surface area contributed by atoms with Gasteiger partial charge in [-0.1, -0.05) is 6.92 Å². The molecule has 0 bridgehead atoms. The van der Waals surface area contributed by atoms with Gasteiger partial charge in [-0.2, -0.15) is 0 Å². The van der Waals surface area contributed by atoms with Crippen molar-refractivity contribution >= 4 is 5.91 Å². The van der Waals surface area contributed by atoms with Crippen LogP contribution < -0.4 is 11.1 Å². The van der Waals surface area contributed by atoms with Crippen LogP contribution in [0, 0.1) is 0 Å². The van der Waals surface area contributed by atoms with Crippen molar-refractivity contribution in [3.63, 3.8) is 0 Å². The molecule has 3 N–H and O–H groups in total. The second-order valence-electron chi connectivity index (χ2n) is 5.65. The van der Waals surface area contributed by atoms with Crippen LogP contribution in [-0.2, 0) is 4.79 Å².